The number of rotatable bonds is 4. The van der Waals surface area contributed by atoms with Crippen LogP contribution in [0.5, 0.6) is 0 Å². The molecule has 0 radical (unpaired) electrons. The monoisotopic (exact) mass is 359 g/mol. The predicted octanol–water partition coefficient (Wildman–Crippen LogP) is 2.52. The highest BCUT2D eigenvalue weighted by Gasteiger charge is 2.25. The molecule has 0 spiro atoms. The number of nitrogens with zero attached hydrogens (tertiary/aromatic N) is 2. The van der Waals surface area contributed by atoms with Gasteiger partial charge in [-0.15, -0.1) is 0 Å². The third-order valence-corrected chi connectivity index (χ3v) is 4.58. The zero-order chi connectivity index (χ0) is 18.7. The summed E-state index contributed by atoms with van der Waals surface area (Å²) in [6.45, 7) is 1.12. The summed E-state index contributed by atoms with van der Waals surface area (Å²) in [6, 6.07) is 6.07. The first-order chi connectivity index (χ1) is 12.5. The Morgan fingerprint density at radius 3 is 2.50 bits per heavy atom. The zero-order valence-electron chi connectivity index (χ0n) is 14.9. The van der Waals surface area contributed by atoms with Crippen LogP contribution in [0.4, 0.5) is 10.1 Å². The van der Waals surface area contributed by atoms with Crippen molar-refractivity contribution in [2.75, 3.05) is 32.1 Å². The summed E-state index contributed by atoms with van der Waals surface area (Å²) < 4.78 is 19.0. The third-order valence-electron chi connectivity index (χ3n) is 4.58. The molecule has 0 atom stereocenters. The van der Waals surface area contributed by atoms with Crippen molar-refractivity contribution in [3.8, 4) is 0 Å². The fourth-order valence-corrected chi connectivity index (χ4v) is 3.08. The number of furan rings is 1. The van der Waals surface area contributed by atoms with Gasteiger partial charge in [0.25, 0.3) is 11.8 Å². The van der Waals surface area contributed by atoms with E-state index in [0.29, 0.717) is 42.7 Å². The molecule has 138 valence electrons. The SMILES string of the molecule is CN(C)c1ccc(C(=O)NC2CCN(C(=O)c3ccoc3)CC2)cc1F. The van der Waals surface area contributed by atoms with Crippen LogP contribution in [-0.4, -0.2) is 49.9 Å². The highest BCUT2D eigenvalue weighted by molar-refractivity contribution is 5.95. The second kappa shape index (κ2) is 7.59. The molecule has 1 aromatic carbocycles. The Hall–Kier alpha value is -2.83. The number of carbonyl (C=O) groups is 2. The van der Waals surface area contributed by atoms with E-state index in [2.05, 4.69) is 5.32 Å². The van der Waals surface area contributed by atoms with Crippen LogP contribution in [0.2, 0.25) is 0 Å². The second-order valence-corrected chi connectivity index (χ2v) is 6.61. The molecule has 7 heteroatoms. The van der Waals surface area contributed by atoms with E-state index in [4.69, 9.17) is 4.42 Å². The van der Waals surface area contributed by atoms with E-state index in [0.717, 1.165) is 0 Å². The second-order valence-electron chi connectivity index (χ2n) is 6.61. The van der Waals surface area contributed by atoms with Crippen molar-refractivity contribution in [1.29, 1.82) is 0 Å². The highest BCUT2D eigenvalue weighted by atomic mass is 19.1. The number of hydrogen-bond acceptors (Lipinski definition) is 4. The first-order valence-electron chi connectivity index (χ1n) is 8.55. The molecule has 2 aromatic rings. The summed E-state index contributed by atoms with van der Waals surface area (Å²) >= 11 is 0. The van der Waals surface area contributed by atoms with Crippen molar-refractivity contribution in [3.63, 3.8) is 0 Å². The number of likely N-dealkylation sites (tertiary alicyclic amines) is 1. The molecule has 3 rings (SSSR count). The van der Waals surface area contributed by atoms with Crippen LogP contribution in [0.15, 0.2) is 41.2 Å². The molecule has 0 aliphatic carbocycles. The van der Waals surface area contributed by atoms with Crippen LogP contribution < -0.4 is 10.2 Å². The maximum atomic E-state index is 14.0. The fourth-order valence-electron chi connectivity index (χ4n) is 3.08. The number of amides is 2. The van der Waals surface area contributed by atoms with Gasteiger partial charge in [-0.1, -0.05) is 0 Å². The van der Waals surface area contributed by atoms with Crippen molar-refractivity contribution in [1.82, 2.24) is 10.2 Å². The lowest BCUT2D eigenvalue weighted by Gasteiger charge is -2.32. The largest absolute Gasteiger partial charge is 0.472 e. The molecule has 1 aliphatic rings. The molecule has 1 saturated heterocycles. The molecule has 1 aliphatic heterocycles. The summed E-state index contributed by atoms with van der Waals surface area (Å²) in [4.78, 5) is 28.0. The minimum absolute atomic E-state index is 0.0347. The molecule has 0 bridgehead atoms. The Kier molecular flexibility index (Phi) is 5.25. The number of hydrogen-bond donors (Lipinski definition) is 1. The summed E-state index contributed by atoms with van der Waals surface area (Å²) in [7, 11) is 3.49. The lowest BCUT2D eigenvalue weighted by molar-refractivity contribution is 0.0697. The average Bonchev–Trinajstić information content (AvgIpc) is 3.16. The van der Waals surface area contributed by atoms with Crippen LogP contribution in [0.3, 0.4) is 0 Å². The summed E-state index contributed by atoms with van der Waals surface area (Å²) in [5.41, 5.74) is 1.27. The van der Waals surface area contributed by atoms with E-state index in [1.807, 2.05) is 0 Å². The van der Waals surface area contributed by atoms with E-state index in [-0.39, 0.29) is 17.9 Å². The molecular weight excluding hydrogens is 337 g/mol. The topological polar surface area (TPSA) is 65.8 Å². The van der Waals surface area contributed by atoms with Crippen molar-refractivity contribution in [2.24, 2.45) is 0 Å². The summed E-state index contributed by atoms with van der Waals surface area (Å²) in [6.07, 6.45) is 4.23. The van der Waals surface area contributed by atoms with Gasteiger partial charge >= 0.3 is 0 Å². The number of carbonyl (C=O) groups excluding carboxylic acids is 2. The molecule has 1 fully saturated rings. The number of anilines is 1. The van der Waals surface area contributed by atoms with Crippen LogP contribution in [-0.2, 0) is 0 Å². The molecule has 26 heavy (non-hydrogen) atoms. The van der Waals surface area contributed by atoms with Gasteiger partial charge in [-0.05, 0) is 37.1 Å². The normalized spacial score (nSPS) is 15.0. The van der Waals surface area contributed by atoms with E-state index in [1.165, 1.54) is 18.6 Å². The Balaban J connectivity index is 1.55. The third kappa shape index (κ3) is 3.87. The maximum Gasteiger partial charge on any atom is 0.257 e. The van der Waals surface area contributed by atoms with E-state index in [9.17, 15) is 14.0 Å². The number of nitrogens with one attached hydrogen (secondary N) is 1. The van der Waals surface area contributed by atoms with Gasteiger partial charge in [0.05, 0.1) is 17.5 Å². The van der Waals surface area contributed by atoms with Gasteiger partial charge in [-0.3, -0.25) is 9.59 Å². The molecule has 0 saturated carbocycles. The van der Waals surface area contributed by atoms with Crippen molar-refractivity contribution in [3.05, 3.63) is 53.7 Å². The van der Waals surface area contributed by atoms with Crippen LogP contribution in [0.25, 0.3) is 0 Å². The lowest BCUT2D eigenvalue weighted by atomic mass is 10.0. The van der Waals surface area contributed by atoms with Gasteiger partial charge in [0.15, 0.2) is 0 Å². The molecule has 6 nitrogen and oxygen atoms in total. The van der Waals surface area contributed by atoms with Gasteiger partial charge in [-0.25, -0.2) is 4.39 Å². The van der Waals surface area contributed by atoms with E-state index < -0.39 is 5.82 Å². The number of piperidine rings is 1. The van der Waals surface area contributed by atoms with Gasteiger partial charge in [0.2, 0.25) is 0 Å². The van der Waals surface area contributed by atoms with Crippen LogP contribution in [0.1, 0.15) is 33.6 Å². The van der Waals surface area contributed by atoms with Crippen LogP contribution >= 0.6 is 0 Å². The predicted molar refractivity (Wildman–Crippen MR) is 95.8 cm³/mol. The Morgan fingerprint density at radius 2 is 1.92 bits per heavy atom. The molecular formula is C19H22FN3O3. The van der Waals surface area contributed by atoms with Gasteiger partial charge < -0.3 is 19.5 Å². The van der Waals surface area contributed by atoms with Gasteiger partial charge in [0.1, 0.15) is 12.1 Å². The van der Waals surface area contributed by atoms with E-state index >= 15 is 0 Å². The lowest BCUT2D eigenvalue weighted by Crippen LogP contribution is -2.46. The van der Waals surface area contributed by atoms with Crippen molar-refractivity contribution in [2.45, 2.75) is 18.9 Å². The first-order valence-corrected chi connectivity index (χ1v) is 8.55. The fraction of sp³-hybridized carbons (Fsp3) is 0.368. The quantitative estimate of drug-likeness (QED) is 0.911. The highest BCUT2D eigenvalue weighted by Crippen LogP contribution is 2.19. The van der Waals surface area contributed by atoms with E-state index in [1.54, 1.807) is 42.1 Å². The minimum Gasteiger partial charge on any atom is -0.472 e. The smallest absolute Gasteiger partial charge is 0.257 e. The Bertz CT molecular complexity index is 781. The molecule has 2 amide bonds. The zero-order valence-corrected chi connectivity index (χ0v) is 14.9. The molecule has 2 heterocycles. The summed E-state index contributed by atoms with van der Waals surface area (Å²) in [5.74, 6) is -0.790. The van der Waals surface area contributed by atoms with Gasteiger partial charge in [-0.2, -0.15) is 0 Å². The standard InChI is InChI=1S/C19H22FN3O3/c1-22(2)17-4-3-13(11-16(17)20)18(24)21-15-5-8-23(9-6-15)19(25)14-7-10-26-12-14/h3-4,7,10-12,15H,5-6,8-9H2,1-2H3,(H,21,24). The Morgan fingerprint density at radius 1 is 1.19 bits per heavy atom. The van der Waals surface area contributed by atoms with Crippen LogP contribution in [0, 0.1) is 5.82 Å². The van der Waals surface area contributed by atoms with Gasteiger partial charge in [0, 0.05) is 38.8 Å². The molecule has 0 unspecified atom stereocenters. The number of benzene rings is 1. The minimum atomic E-state index is -0.428. The first kappa shape index (κ1) is 18.0. The molecule has 1 aromatic heterocycles. The van der Waals surface area contributed by atoms with Crippen molar-refractivity contribution < 1.29 is 18.4 Å². The maximum absolute atomic E-state index is 14.0. The molecule has 1 N–H and O–H groups in total. The number of halogens is 1. The summed E-state index contributed by atoms with van der Waals surface area (Å²) in [5, 5.41) is 2.93. The van der Waals surface area contributed by atoms with Crippen molar-refractivity contribution >= 4 is 17.5 Å². The average molecular weight is 359 g/mol. The Labute approximate surface area is 151 Å².